The highest BCUT2D eigenvalue weighted by molar-refractivity contribution is 5.90. The summed E-state index contributed by atoms with van der Waals surface area (Å²) in [6, 6.07) is 12.9. The molecule has 2 rings (SSSR count). The Morgan fingerprint density at radius 1 is 1.00 bits per heavy atom. The third kappa shape index (κ3) is 3.45. The zero-order chi connectivity index (χ0) is 16.3. The van der Waals surface area contributed by atoms with Crippen LogP contribution in [0.2, 0.25) is 0 Å². The number of fused-ring (bicyclic) bond motifs is 1. The molecule has 2 aromatic carbocycles. The number of carboxylic acid groups (broad SMARTS) is 1. The van der Waals surface area contributed by atoms with Crippen LogP contribution in [0.25, 0.3) is 10.8 Å². The van der Waals surface area contributed by atoms with Crippen LogP contribution >= 0.6 is 0 Å². The van der Waals surface area contributed by atoms with Gasteiger partial charge in [0.25, 0.3) is 0 Å². The normalized spacial score (nSPS) is 13.8. The van der Waals surface area contributed by atoms with Gasteiger partial charge >= 0.3 is 5.97 Å². The number of aliphatic carboxylic acids is 1. The highest BCUT2D eigenvalue weighted by Gasteiger charge is 2.26. The van der Waals surface area contributed by atoms with E-state index in [0.717, 1.165) is 16.3 Å². The van der Waals surface area contributed by atoms with E-state index >= 15 is 0 Å². The van der Waals surface area contributed by atoms with Crippen molar-refractivity contribution in [2.24, 2.45) is 5.92 Å². The molecule has 0 heterocycles. The fourth-order valence-corrected chi connectivity index (χ4v) is 2.42. The highest BCUT2D eigenvalue weighted by Crippen LogP contribution is 2.22. The van der Waals surface area contributed by atoms with Crippen molar-refractivity contribution >= 4 is 22.6 Å². The fraction of sp³-hybridized carbons (Fsp3) is 0.333. The summed E-state index contributed by atoms with van der Waals surface area (Å²) in [7, 11) is 0. The number of hydrogen-bond donors (Lipinski definition) is 2. The molecular formula is C18H21NO3. The van der Waals surface area contributed by atoms with Gasteiger partial charge in [-0.25, -0.2) is 4.79 Å². The van der Waals surface area contributed by atoms with Gasteiger partial charge in [-0.3, -0.25) is 4.79 Å². The molecule has 0 bridgehead atoms. The molecular weight excluding hydrogens is 278 g/mol. The van der Waals surface area contributed by atoms with Gasteiger partial charge in [0.15, 0.2) is 0 Å². The molecule has 116 valence electrons. The summed E-state index contributed by atoms with van der Waals surface area (Å²) in [5, 5.41) is 14.0. The van der Waals surface area contributed by atoms with Crippen molar-refractivity contribution in [2.75, 3.05) is 0 Å². The van der Waals surface area contributed by atoms with E-state index in [1.807, 2.05) is 42.5 Å². The van der Waals surface area contributed by atoms with Crippen molar-refractivity contribution in [3.05, 3.63) is 48.0 Å². The number of rotatable bonds is 5. The van der Waals surface area contributed by atoms with Gasteiger partial charge in [0.05, 0.1) is 5.92 Å². The SMILES string of the molecule is CC(C(=O)N[C@@H](C(=O)O)C(C)C)c1ccc2ccccc2c1. The van der Waals surface area contributed by atoms with Crippen molar-refractivity contribution in [3.63, 3.8) is 0 Å². The molecule has 1 unspecified atom stereocenters. The van der Waals surface area contributed by atoms with Gasteiger partial charge < -0.3 is 10.4 Å². The molecule has 0 radical (unpaired) electrons. The van der Waals surface area contributed by atoms with Crippen LogP contribution in [0.4, 0.5) is 0 Å². The first-order chi connectivity index (χ1) is 10.4. The first kappa shape index (κ1) is 16.0. The second-order valence-corrected chi connectivity index (χ2v) is 5.90. The predicted octanol–water partition coefficient (Wildman–Crippen LogP) is 3.17. The Labute approximate surface area is 130 Å². The summed E-state index contributed by atoms with van der Waals surface area (Å²) in [4.78, 5) is 23.5. The van der Waals surface area contributed by atoms with Crippen LogP contribution in [0.5, 0.6) is 0 Å². The van der Waals surface area contributed by atoms with Gasteiger partial charge in [-0.15, -0.1) is 0 Å². The lowest BCUT2D eigenvalue weighted by Crippen LogP contribution is -2.45. The molecule has 22 heavy (non-hydrogen) atoms. The average molecular weight is 299 g/mol. The molecule has 0 aromatic heterocycles. The molecule has 1 amide bonds. The van der Waals surface area contributed by atoms with Gasteiger partial charge in [0.1, 0.15) is 6.04 Å². The summed E-state index contributed by atoms with van der Waals surface area (Å²) >= 11 is 0. The van der Waals surface area contributed by atoms with Crippen LogP contribution < -0.4 is 5.32 Å². The van der Waals surface area contributed by atoms with Crippen molar-refractivity contribution < 1.29 is 14.7 Å². The minimum Gasteiger partial charge on any atom is -0.480 e. The van der Waals surface area contributed by atoms with Crippen LogP contribution in [0.3, 0.4) is 0 Å². The van der Waals surface area contributed by atoms with Gasteiger partial charge in [0.2, 0.25) is 5.91 Å². The van der Waals surface area contributed by atoms with Crippen LogP contribution in [-0.4, -0.2) is 23.0 Å². The number of amides is 1. The summed E-state index contributed by atoms with van der Waals surface area (Å²) in [5.74, 6) is -1.83. The zero-order valence-corrected chi connectivity index (χ0v) is 13.0. The maximum absolute atomic E-state index is 12.3. The fourth-order valence-electron chi connectivity index (χ4n) is 2.42. The average Bonchev–Trinajstić information content (AvgIpc) is 2.50. The maximum Gasteiger partial charge on any atom is 0.326 e. The highest BCUT2D eigenvalue weighted by atomic mass is 16.4. The second kappa shape index (κ2) is 6.60. The van der Waals surface area contributed by atoms with E-state index in [2.05, 4.69) is 5.32 Å². The molecule has 4 nitrogen and oxygen atoms in total. The number of hydrogen-bond acceptors (Lipinski definition) is 2. The van der Waals surface area contributed by atoms with Crippen LogP contribution in [0, 0.1) is 5.92 Å². The number of nitrogens with one attached hydrogen (secondary N) is 1. The molecule has 0 fully saturated rings. The number of carbonyl (C=O) groups is 2. The monoisotopic (exact) mass is 299 g/mol. The molecule has 0 spiro atoms. The van der Waals surface area contributed by atoms with Crippen molar-refractivity contribution in [1.29, 1.82) is 0 Å². The largest absolute Gasteiger partial charge is 0.480 e. The molecule has 0 saturated carbocycles. The van der Waals surface area contributed by atoms with Gasteiger partial charge in [-0.2, -0.15) is 0 Å². The van der Waals surface area contributed by atoms with Crippen molar-refractivity contribution in [3.8, 4) is 0 Å². The van der Waals surface area contributed by atoms with Gasteiger partial charge in [-0.1, -0.05) is 56.3 Å². The van der Waals surface area contributed by atoms with Crippen LogP contribution in [0.15, 0.2) is 42.5 Å². The Kier molecular flexibility index (Phi) is 4.81. The standard InChI is InChI=1S/C18H21NO3/c1-11(2)16(18(21)22)19-17(20)12(3)14-9-8-13-6-4-5-7-15(13)10-14/h4-12,16H,1-3H3,(H,19,20)(H,21,22)/t12?,16-/m1/s1. The van der Waals surface area contributed by atoms with E-state index in [9.17, 15) is 14.7 Å². The number of benzene rings is 2. The third-order valence-electron chi connectivity index (χ3n) is 3.90. The molecule has 4 heteroatoms. The Bertz CT molecular complexity index is 694. The Balaban J connectivity index is 2.19. The third-order valence-corrected chi connectivity index (χ3v) is 3.90. The van der Waals surface area contributed by atoms with Crippen molar-refractivity contribution in [2.45, 2.75) is 32.7 Å². The molecule has 2 atom stereocenters. The molecule has 0 aliphatic carbocycles. The first-order valence-corrected chi connectivity index (χ1v) is 7.42. The second-order valence-electron chi connectivity index (χ2n) is 5.90. The molecule has 0 aliphatic rings. The molecule has 0 aliphatic heterocycles. The summed E-state index contributed by atoms with van der Waals surface area (Å²) in [6.45, 7) is 5.35. The first-order valence-electron chi connectivity index (χ1n) is 7.42. The smallest absolute Gasteiger partial charge is 0.326 e. The molecule has 2 N–H and O–H groups in total. The molecule has 2 aromatic rings. The van der Waals surface area contributed by atoms with Crippen LogP contribution in [0.1, 0.15) is 32.3 Å². The van der Waals surface area contributed by atoms with Gasteiger partial charge in [-0.05, 0) is 29.2 Å². The van der Waals surface area contributed by atoms with E-state index in [1.165, 1.54) is 0 Å². The van der Waals surface area contributed by atoms with Crippen molar-refractivity contribution in [1.82, 2.24) is 5.32 Å². The van der Waals surface area contributed by atoms with Gasteiger partial charge in [0, 0.05) is 0 Å². The lowest BCUT2D eigenvalue weighted by atomic mass is 9.96. The lowest BCUT2D eigenvalue weighted by molar-refractivity contribution is -0.143. The van der Waals surface area contributed by atoms with E-state index in [-0.39, 0.29) is 11.8 Å². The van der Waals surface area contributed by atoms with E-state index < -0.39 is 17.9 Å². The topological polar surface area (TPSA) is 66.4 Å². The van der Waals surface area contributed by atoms with E-state index in [0.29, 0.717) is 0 Å². The summed E-state index contributed by atoms with van der Waals surface area (Å²) in [6.07, 6.45) is 0. The Morgan fingerprint density at radius 3 is 2.23 bits per heavy atom. The maximum atomic E-state index is 12.3. The predicted molar refractivity (Wildman–Crippen MR) is 86.8 cm³/mol. The zero-order valence-electron chi connectivity index (χ0n) is 13.0. The quantitative estimate of drug-likeness (QED) is 0.891. The summed E-state index contributed by atoms with van der Waals surface area (Å²) < 4.78 is 0. The minimum absolute atomic E-state index is 0.162. The number of carboxylic acids is 1. The number of carbonyl (C=O) groups excluding carboxylic acids is 1. The van der Waals surface area contributed by atoms with E-state index in [1.54, 1.807) is 20.8 Å². The van der Waals surface area contributed by atoms with E-state index in [4.69, 9.17) is 0 Å². The molecule has 0 saturated heterocycles. The minimum atomic E-state index is -1.01. The Morgan fingerprint density at radius 2 is 1.64 bits per heavy atom. The Hall–Kier alpha value is -2.36. The summed E-state index contributed by atoms with van der Waals surface area (Å²) in [5.41, 5.74) is 0.879. The lowest BCUT2D eigenvalue weighted by Gasteiger charge is -2.21. The van der Waals surface area contributed by atoms with Crippen LogP contribution in [-0.2, 0) is 9.59 Å².